The average Bonchev–Trinajstić information content (AvgIpc) is 3.41. The van der Waals surface area contributed by atoms with Crippen molar-refractivity contribution in [1.29, 1.82) is 5.26 Å². The molecule has 0 radical (unpaired) electrons. The normalized spacial score (nSPS) is 18.7. The largest absolute Gasteiger partial charge is 0.373 e. The lowest BCUT2D eigenvalue weighted by atomic mass is 10.0. The molecule has 0 unspecified atom stereocenters. The SMILES string of the molecule is CC[C@@H](NC(=O)c1cc(C(=O)N2CCC[C@@H]2C)n2c1COCC2)c1ccc(C#N)cc1Cl. The fourth-order valence-corrected chi connectivity index (χ4v) is 4.91. The first kappa shape index (κ1) is 22.4. The van der Waals surface area contributed by atoms with Gasteiger partial charge in [0, 0.05) is 24.2 Å². The Hall–Kier alpha value is -2.82. The van der Waals surface area contributed by atoms with E-state index in [1.165, 1.54) is 0 Å². The average molecular weight is 455 g/mol. The third-order valence-corrected chi connectivity index (χ3v) is 6.73. The van der Waals surface area contributed by atoms with Crippen molar-refractivity contribution in [3.05, 3.63) is 57.4 Å². The van der Waals surface area contributed by atoms with Crippen molar-refractivity contribution < 1.29 is 14.3 Å². The molecule has 2 aromatic rings. The lowest BCUT2D eigenvalue weighted by Crippen LogP contribution is -2.35. The monoisotopic (exact) mass is 454 g/mol. The molecule has 1 aromatic carbocycles. The topological polar surface area (TPSA) is 87.4 Å². The zero-order valence-corrected chi connectivity index (χ0v) is 19.1. The van der Waals surface area contributed by atoms with Gasteiger partial charge in [0.2, 0.25) is 0 Å². The number of nitrogens with zero attached hydrogens (tertiary/aromatic N) is 3. The van der Waals surface area contributed by atoms with Crippen LogP contribution in [0.2, 0.25) is 5.02 Å². The summed E-state index contributed by atoms with van der Waals surface area (Å²) in [7, 11) is 0. The Labute approximate surface area is 192 Å². The predicted octanol–water partition coefficient (Wildman–Crippen LogP) is 4.05. The van der Waals surface area contributed by atoms with Crippen molar-refractivity contribution in [3.63, 3.8) is 0 Å². The molecule has 7 nitrogen and oxygen atoms in total. The molecule has 2 aliphatic rings. The third kappa shape index (κ3) is 4.13. The van der Waals surface area contributed by atoms with Crippen LogP contribution in [0.25, 0.3) is 0 Å². The molecule has 1 saturated heterocycles. The number of fused-ring (bicyclic) bond motifs is 1. The predicted molar refractivity (Wildman–Crippen MR) is 120 cm³/mol. The van der Waals surface area contributed by atoms with Crippen LogP contribution in [-0.4, -0.2) is 40.5 Å². The summed E-state index contributed by atoms with van der Waals surface area (Å²) in [6, 6.07) is 8.73. The smallest absolute Gasteiger partial charge is 0.270 e. The van der Waals surface area contributed by atoms with Crippen LogP contribution in [0.4, 0.5) is 0 Å². The minimum Gasteiger partial charge on any atom is -0.373 e. The van der Waals surface area contributed by atoms with E-state index in [0.29, 0.717) is 48.0 Å². The van der Waals surface area contributed by atoms with Crippen molar-refractivity contribution in [3.8, 4) is 6.07 Å². The fourth-order valence-electron chi connectivity index (χ4n) is 4.60. The van der Waals surface area contributed by atoms with Crippen LogP contribution in [0.1, 0.15) is 76.8 Å². The number of rotatable bonds is 5. The van der Waals surface area contributed by atoms with Crippen molar-refractivity contribution in [1.82, 2.24) is 14.8 Å². The first-order valence-electron chi connectivity index (χ1n) is 11.1. The van der Waals surface area contributed by atoms with Gasteiger partial charge in [-0.25, -0.2) is 0 Å². The van der Waals surface area contributed by atoms with Crippen LogP contribution < -0.4 is 5.32 Å². The van der Waals surface area contributed by atoms with Gasteiger partial charge in [0.1, 0.15) is 5.69 Å². The van der Waals surface area contributed by atoms with Gasteiger partial charge < -0.3 is 19.5 Å². The number of carbonyl (C=O) groups excluding carboxylic acids is 2. The molecule has 2 atom stereocenters. The van der Waals surface area contributed by atoms with Crippen LogP contribution in [0, 0.1) is 11.3 Å². The van der Waals surface area contributed by atoms with Crippen LogP contribution in [0.5, 0.6) is 0 Å². The third-order valence-electron chi connectivity index (χ3n) is 6.40. The maximum Gasteiger partial charge on any atom is 0.270 e. The summed E-state index contributed by atoms with van der Waals surface area (Å²) in [5.41, 5.74) is 2.96. The van der Waals surface area contributed by atoms with Crippen molar-refractivity contribution in [2.24, 2.45) is 0 Å². The van der Waals surface area contributed by atoms with E-state index < -0.39 is 0 Å². The second-order valence-electron chi connectivity index (χ2n) is 8.37. The minimum atomic E-state index is -0.319. The molecule has 168 valence electrons. The fraction of sp³-hybridized carbons (Fsp3) is 0.458. The number of benzene rings is 1. The lowest BCUT2D eigenvalue weighted by Gasteiger charge is -2.24. The van der Waals surface area contributed by atoms with Gasteiger partial charge in [-0.1, -0.05) is 24.6 Å². The maximum atomic E-state index is 13.3. The number of carbonyl (C=O) groups is 2. The molecular weight excluding hydrogens is 428 g/mol. The van der Waals surface area contributed by atoms with Crippen LogP contribution in [-0.2, 0) is 17.9 Å². The van der Waals surface area contributed by atoms with Crippen LogP contribution >= 0.6 is 11.6 Å². The molecule has 0 bridgehead atoms. The standard InChI is InChI=1S/C24H27ClN4O3/c1-3-20(17-7-6-16(13-26)11-19(17)25)27-23(30)18-12-21(29-9-10-32-14-22(18)29)24(31)28-8-4-5-15(28)2/h6-7,11-12,15,20H,3-5,8-10,14H2,1-2H3,(H,27,30)/t15-,20+/m0/s1. The highest BCUT2D eigenvalue weighted by Gasteiger charge is 2.32. The van der Waals surface area contributed by atoms with E-state index in [2.05, 4.69) is 18.3 Å². The van der Waals surface area contributed by atoms with E-state index in [0.717, 1.165) is 30.6 Å². The zero-order valence-electron chi connectivity index (χ0n) is 18.4. The maximum absolute atomic E-state index is 13.3. The molecule has 1 N–H and O–H groups in total. The summed E-state index contributed by atoms with van der Waals surface area (Å²) >= 11 is 6.38. The summed E-state index contributed by atoms with van der Waals surface area (Å²) < 4.78 is 7.54. The van der Waals surface area contributed by atoms with Gasteiger partial charge in [-0.2, -0.15) is 5.26 Å². The molecule has 1 aromatic heterocycles. The number of aromatic nitrogens is 1. The summed E-state index contributed by atoms with van der Waals surface area (Å²) in [6.07, 6.45) is 2.63. The number of amides is 2. The van der Waals surface area contributed by atoms with Crippen molar-refractivity contribution in [2.75, 3.05) is 13.2 Å². The van der Waals surface area contributed by atoms with Gasteiger partial charge >= 0.3 is 0 Å². The summed E-state index contributed by atoms with van der Waals surface area (Å²) in [5.74, 6) is -0.292. The number of hydrogen-bond donors (Lipinski definition) is 1. The van der Waals surface area contributed by atoms with Crippen molar-refractivity contribution in [2.45, 2.75) is 58.3 Å². The number of ether oxygens (including phenoxy) is 1. The molecule has 2 amide bonds. The van der Waals surface area contributed by atoms with Crippen molar-refractivity contribution >= 4 is 23.4 Å². The first-order valence-corrected chi connectivity index (χ1v) is 11.4. The Morgan fingerprint density at radius 2 is 2.16 bits per heavy atom. The molecule has 4 rings (SSSR count). The molecule has 8 heteroatoms. The molecule has 2 aliphatic heterocycles. The van der Waals surface area contributed by atoms with Gasteiger partial charge in [0.15, 0.2) is 0 Å². The highest BCUT2D eigenvalue weighted by Crippen LogP contribution is 2.29. The number of nitriles is 1. The number of hydrogen-bond acceptors (Lipinski definition) is 4. The van der Waals surface area contributed by atoms with Crippen LogP contribution in [0.3, 0.4) is 0 Å². The van der Waals surface area contributed by atoms with Gasteiger partial charge in [0.05, 0.1) is 42.1 Å². The number of likely N-dealkylation sites (tertiary alicyclic amines) is 1. The number of halogens is 1. The van der Waals surface area contributed by atoms with Gasteiger partial charge in [0.25, 0.3) is 11.8 Å². The number of nitrogens with one attached hydrogen (secondary N) is 1. The summed E-state index contributed by atoms with van der Waals surface area (Å²) in [5, 5.41) is 12.6. The second kappa shape index (κ2) is 9.35. The van der Waals surface area contributed by atoms with E-state index in [4.69, 9.17) is 21.6 Å². The van der Waals surface area contributed by atoms with E-state index >= 15 is 0 Å². The Kier molecular flexibility index (Phi) is 6.54. The highest BCUT2D eigenvalue weighted by atomic mass is 35.5. The summed E-state index contributed by atoms with van der Waals surface area (Å²) in [4.78, 5) is 28.5. The van der Waals surface area contributed by atoms with Gasteiger partial charge in [-0.15, -0.1) is 0 Å². The summed E-state index contributed by atoms with van der Waals surface area (Å²) in [6.45, 7) is 6.12. The highest BCUT2D eigenvalue weighted by molar-refractivity contribution is 6.31. The van der Waals surface area contributed by atoms with E-state index in [9.17, 15) is 9.59 Å². The molecule has 32 heavy (non-hydrogen) atoms. The van der Waals surface area contributed by atoms with E-state index in [1.807, 2.05) is 16.4 Å². The molecule has 0 saturated carbocycles. The van der Waals surface area contributed by atoms with Gasteiger partial charge in [-0.3, -0.25) is 9.59 Å². The zero-order chi connectivity index (χ0) is 22.8. The Balaban J connectivity index is 1.63. The minimum absolute atomic E-state index is 0.0284. The quantitative estimate of drug-likeness (QED) is 0.738. The molecule has 1 fully saturated rings. The first-order chi connectivity index (χ1) is 15.4. The Morgan fingerprint density at radius 1 is 1.34 bits per heavy atom. The molecule has 0 aliphatic carbocycles. The molecule has 3 heterocycles. The Bertz CT molecular complexity index is 1090. The van der Waals surface area contributed by atoms with E-state index in [-0.39, 0.29) is 23.9 Å². The Morgan fingerprint density at radius 3 is 2.81 bits per heavy atom. The van der Waals surface area contributed by atoms with Gasteiger partial charge in [-0.05, 0) is 49.9 Å². The lowest BCUT2D eigenvalue weighted by molar-refractivity contribution is 0.0683. The van der Waals surface area contributed by atoms with Crippen LogP contribution in [0.15, 0.2) is 24.3 Å². The molecule has 0 spiro atoms. The second-order valence-corrected chi connectivity index (χ2v) is 8.77. The van der Waals surface area contributed by atoms with E-state index in [1.54, 1.807) is 24.3 Å². The molecular formula is C24H27ClN4O3.